The Morgan fingerprint density at radius 1 is 1.15 bits per heavy atom. The molecule has 0 aliphatic heterocycles. The lowest BCUT2D eigenvalue weighted by Gasteiger charge is -2.11. The van der Waals surface area contributed by atoms with Crippen molar-refractivity contribution in [2.24, 2.45) is 5.10 Å². The van der Waals surface area contributed by atoms with E-state index in [1.165, 1.54) is 19.2 Å². The number of phenolic OH excluding ortho intramolecular Hbond substituents is 1. The standard InChI is InChI=1S/C18H15F3N4O2/c1-10(12-8-7-11(27-2)9-15(12)26)24-25-16-13-5-3-4-6-14(13)22-17(23-16)18(19,20)21/h3-9,26H,1-2H3,(H,22,23,25). The maximum absolute atomic E-state index is 13.1. The Labute approximate surface area is 152 Å². The molecule has 2 N–H and O–H groups in total. The number of hydrogen-bond donors (Lipinski definition) is 2. The molecule has 1 heterocycles. The van der Waals surface area contributed by atoms with E-state index in [9.17, 15) is 18.3 Å². The lowest BCUT2D eigenvalue weighted by atomic mass is 10.1. The van der Waals surface area contributed by atoms with Crippen LogP contribution in [0.5, 0.6) is 11.5 Å². The summed E-state index contributed by atoms with van der Waals surface area (Å²) >= 11 is 0. The van der Waals surface area contributed by atoms with Gasteiger partial charge in [-0.05, 0) is 31.2 Å². The number of halogens is 3. The monoisotopic (exact) mass is 376 g/mol. The van der Waals surface area contributed by atoms with Gasteiger partial charge in [-0.25, -0.2) is 9.97 Å². The molecule has 0 bridgehead atoms. The molecule has 0 aliphatic carbocycles. The van der Waals surface area contributed by atoms with Gasteiger partial charge in [0.25, 0.3) is 0 Å². The van der Waals surface area contributed by atoms with E-state index >= 15 is 0 Å². The van der Waals surface area contributed by atoms with E-state index in [0.717, 1.165) is 0 Å². The van der Waals surface area contributed by atoms with Gasteiger partial charge in [-0.1, -0.05) is 12.1 Å². The maximum Gasteiger partial charge on any atom is 0.451 e. The highest BCUT2D eigenvalue weighted by Crippen LogP contribution is 2.30. The third-order valence-electron chi connectivity index (χ3n) is 3.78. The number of benzene rings is 2. The molecule has 6 nitrogen and oxygen atoms in total. The van der Waals surface area contributed by atoms with Gasteiger partial charge in [-0.3, -0.25) is 5.43 Å². The summed E-state index contributed by atoms with van der Waals surface area (Å²) in [6, 6.07) is 10.9. The van der Waals surface area contributed by atoms with E-state index in [1.54, 1.807) is 37.3 Å². The zero-order chi connectivity index (χ0) is 19.6. The molecular formula is C18H15F3N4O2. The lowest BCUT2D eigenvalue weighted by molar-refractivity contribution is -0.144. The van der Waals surface area contributed by atoms with Crippen molar-refractivity contribution < 1.29 is 23.0 Å². The molecule has 0 amide bonds. The van der Waals surface area contributed by atoms with Crippen molar-refractivity contribution in [3.63, 3.8) is 0 Å². The number of methoxy groups -OCH3 is 1. The molecular weight excluding hydrogens is 361 g/mol. The number of alkyl halides is 3. The molecule has 3 aromatic rings. The molecule has 0 spiro atoms. The Balaban J connectivity index is 1.99. The molecule has 9 heteroatoms. The molecule has 0 fully saturated rings. The SMILES string of the molecule is COc1ccc(C(C)=NNc2nc(C(F)(F)F)nc3ccccc23)c(O)c1. The highest BCUT2D eigenvalue weighted by Gasteiger charge is 2.35. The third-order valence-corrected chi connectivity index (χ3v) is 3.78. The highest BCUT2D eigenvalue weighted by molar-refractivity contribution is 6.02. The molecule has 2 aromatic carbocycles. The Hall–Kier alpha value is -3.36. The minimum absolute atomic E-state index is 0.0686. The van der Waals surface area contributed by atoms with Gasteiger partial charge in [0, 0.05) is 17.0 Å². The summed E-state index contributed by atoms with van der Waals surface area (Å²) in [5.41, 5.74) is 3.44. The van der Waals surface area contributed by atoms with E-state index in [4.69, 9.17) is 4.74 Å². The zero-order valence-electron chi connectivity index (χ0n) is 14.4. The Morgan fingerprint density at radius 2 is 1.89 bits per heavy atom. The molecule has 0 radical (unpaired) electrons. The summed E-state index contributed by atoms with van der Waals surface area (Å²) in [4.78, 5) is 7.10. The van der Waals surface area contributed by atoms with Gasteiger partial charge in [0.05, 0.1) is 18.3 Å². The van der Waals surface area contributed by atoms with Gasteiger partial charge in [-0.15, -0.1) is 0 Å². The van der Waals surface area contributed by atoms with Gasteiger partial charge in [0.15, 0.2) is 5.82 Å². The summed E-state index contributed by atoms with van der Waals surface area (Å²) < 4.78 is 44.2. The van der Waals surface area contributed by atoms with Crippen LogP contribution in [0.1, 0.15) is 18.3 Å². The number of para-hydroxylation sites is 1. The second kappa shape index (κ2) is 7.10. The van der Waals surface area contributed by atoms with Crippen LogP contribution in [0.15, 0.2) is 47.6 Å². The molecule has 27 heavy (non-hydrogen) atoms. The Kier molecular flexibility index (Phi) is 4.85. The van der Waals surface area contributed by atoms with Crippen LogP contribution in [0.25, 0.3) is 10.9 Å². The van der Waals surface area contributed by atoms with Crippen molar-refractivity contribution >= 4 is 22.4 Å². The third kappa shape index (κ3) is 3.91. The number of nitrogens with zero attached hydrogens (tertiary/aromatic N) is 3. The van der Waals surface area contributed by atoms with Crippen molar-refractivity contribution in [1.82, 2.24) is 9.97 Å². The average molecular weight is 376 g/mol. The molecule has 140 valence electrons. The molecule has 0 unspecified atom stereocenters. The number of hydrogen-bond acceptors (Lipinski definition) is 6. The number of aromatic hydroxyl groups is 1. The van der Waals surface area contributed by atoms with Gasteiger partial charge in [0.1, 0.15) is 11.5 Å². The second-order valence-corrected chi connectivity index (χ2v) is 5.60. The van der Waals surface area contributed by atoms with E-state index in [2.05, 4.69) is 20.5 Å². The van der Waals surface area contributed by atoms with Crippen molar-refractivity contribution in [1.29, 1.82) is 0 Å². The van der Waals surface area contributed by atoms with Crippen LogP contribution >= 0.6 is 0 Å². The first-order valence-corrected chi connectivity index (χ1v) is 7.81. The quantitative estimate of drug-likeness (QED) is 0.527. The fraction of sp³-hybridized carbons (Fsp3) is 0.167. The van der Waals surface area contributed by atoms with E-state index in [1.807, 2.05) is 0 Å². The smallest absolute Gasteiger partial charge is 0.451 e. The molecule has 0 aliphatic rings. The fourth-order valence-corrected chi connectivity index (χ4v) is 2.43. The van der Waals surface area contributed by atoms with E-state index in [-0.39, 0.29) is 17.1 Å². The summed E-state index contributed by atoms with van der Waals surface area (Å²) in [6.07, 6.45) is -4.69. The van der Waals surface area contributed by atoms with Gasteiger partial charge in [-0.2, -0.15) is 18.3 Å². The summed E-state index contributed by atoms with van der Waals surface area (Å²) in [5, 5.41) is 14.5. The molecule has 1 aromatic heterocycles. The number of phenols is 1. The second-order valence-electron chi connectivity index (χ2n) is 5.60. The van der Waals surface area contributed by atoms with Crippen LogP contribution in [0.2, 0.25) is 0 Å². The van der Waals surface area contributed by atoms with Crippen molar-refractivity contribution in [3.8, 4) is 11.5 Å². The fourth-order valence-electron chi connectivity index (χ4n) is 2.43. The number of anilines is 1. The maximum atomic E-state index is 13.1. The van der Waals surface area contributed by atoms with Crippen molar-refractivity contribution in [2.75, 3.05) is 12.5 Å². The minimum Gasteiger partial charge on any atom is -0.507 e. The molecule has 0 saturated carbocycles. The number of ether oxygens (including phenoxy) is 1. The number of fused-ring (bicyclic) bond motifs is 1. The van der Waals surface area contributed by atoms with Crippen LogP contribution in [-0.4, -0.2) is 27.9 Å². The summed E-state index contributed by atoms with van der Waals surface area (Å²) in [7, 11) is 1.47. The van der Waals surface area contributed by atoms with Gasteiger partial charge < -0.3 is 9.84 Å². The number of hydrazone groups is 1. The zero-order valence-corrected chi connectivity index (χ0v) is 14.4. The highest BCUT2D eigenvalue weighted by atomic mass is 19.4. The molecule has 0 atom stereocenters. The number of nitrogens with one attached hydrogen (secondary N) is 1. The predicted molar refractivity (Wildman–Crippen MR) is 95.0 cm³/mol. The number of aromatic nitrogens is 2. The topological polar surface area (TPSA) is 79.6 Å². The van der Waals surface area contributed by atoms with Crippen LogP contribution in [0, 0.1) is 0 Å². The number of rotatable bonds is 4. The van der Waals surface area contributed by atoms with E-state index in [0.29, 0.717) is 22.4 Å². The van der Waals surface area contributed by atoms with E-state index < -0.39 is 12.0 Å². The first kappa shape index (κ1) is 18.4. The summed E-state index contributed by atoms with van der Waals surface area (Å²) in [5.74, 6) is -0.946. The van der Waals surface area contributed by atoms with Crippen molar-refractivity contribution in [3.05, 3.63) is 53.9 Å². The normalized spacial score (nSPS) is 12.3. The van der Waals surface area contributed by atoms with Crippen molar-refractivity contribution in [2.45, 2.75) is 13.1 Å². The van der Waals surface area contributed by atoms with Crippen LogP contribution in [0.3, 0.4) is 0 Å². The van der Waals surface area contributed by atoms with Crippen LogP contribution in [0.4, 0.5) is 19.0 Å². The minimum atomic E-state index is -4.69. The Bertz CT molecular complexity index is 1020. The van der Waals surface area contributed by atoms with Gasteiger partial charge in [0.2, 0.25) is 5.82 Å². The Morgan fingerprint density at radius 3 is 2.56 bits per heavy atom. The largest absolute Gasteiger partial charge is 0.507 e. The average Bonchev–Trinajstić information content (AvgIpc) is 2.64. The first-order valence-electron chi connectivity index (χ1n) is 7.81. The molecule has 3 rings (SSSR count). The molecule has 0 saturated heterocycles. The predicted octanol–water partition coefficient (Wildman–Crippen LogP) is 4.20. The van der Waals surface area contributed by atoms with Crippen LogP contribution < -0.4 is 10.2 Å². The van der Waals surface area contributed by atoms with Gasteiger partial charge >= 0.3 is 6.18 Å². The summed E-state index contributed by atoms with van der Waals surface area (Å²) in [6.45, 7) is 1.60. The first-order chi connectivity index (χ1) is 12.8. The van der Waals surface area contributed by atoms with Crippen LogP contribution in [-0.2, 0) is 6.18 Å². The lowest BCUT2D eigenvalue weighted by Crippen LogP contribution is -2.13.